The van der Waals surface area contributed by atoms with Crippen LogP contribution in [0.4, 0.5) is 5.69 Å². The maximum absolute atomic E-state index is 13.6. The number of ether oxygens (including phenoxy) is 2. The number of nitrogens with zero attached hydrogens (tertiary/aromatic N) is 1. The summed E-state index contributed by atoms with van der Waals surface area (Å²) >= 11 is 0. The smallest absolute Gasteiger partial charge is 0.300 e. The van der Waals surface area contributed by atoms with E-state index in [9.17, 15) is 14.7 Å². The maximum Gasteiger partial charge on any atom is 0.300 e. The van der Waals surface area contributed by atoms with Crippen LogP contribution in [-0.4, -0.2) is 31.0 Å². The molecule has 1 unspecified atom stereocenters. The van der Waals surface area contributed by atoms with Crippen molar-refractivity contribution >= 4 is 23.1 Å². The van der Waals surface area contributed by atoms with Crippen molar-refractivity contribution in [1.82, 2.24) is 0 Å². The van der Waals surface area contributed by atoms with Crippen LogP contribution >= 0.6 is 0 Å². The molecule has 1 amide bonds. The van der Waals surface area contributed by atoms with Gasteiger partial charge < -0.3 is 14.6 Å². The minimum absolute atomic E-state index is 0.0250. The summed E-state index contributed by atoms with van der Waals surface area (Å²) in [5.41, 5.74) is 4.44. The molecule has 6 nitrogen and oxygen atoms in total. The van der Waals surface area contributed by atoms with E-state index < -0.39 is 17.7 Å². The molecule has 192 valence electrons. The first-order chi connectivity index (χ1) is 17.7. The van der Waals surface area contributed by atoms with E-state index in [0.717, 1.165) is 23.1 Å². The fourth-order valence-electron chi connectivity index (χ4n) is 4.90. The molecule has 6 heteroatoms. The number of Topliss-reactive ketones (excluding diaryl/α,β-unsaturated/α-hetero) is 1. The number of amides is 1. The third kappa shape index (κ3) is 4.59. The molecule has 3 aromatic carbocycles. The van der Waals surface area contributed by atoms with Gasteiger partial charge >= 0.3 is 0 Å². The van der Waals surface area contributed by atoms with Crippen molar-refractivity contribution in [2.45, 2.75) is 46.1 Å². The summed E-state index contributed by atoms with van der Waals surface area (Å²) in [5, 5.41) is 11.7. The Balaban J connectivity index is 2.00. The van der Waals surface area contributed by atoms with Gasteiger partial charge in [0, 0.05) is 16.8 Å². The Labute approximate surface area is 218 Å². The SMILES string of the molecule is CCc1ccc(N2C(=O)C(=O)/C(=C(/O)c3cc(C(C)C)c(OC)cc3C)C2c2ccccc2OC)cc1. The van der Waals surface area contributed by atoms with Crippen molar-refractivity contribution < 1.29 is 24.2 Å². The highest BCUT2D eigenvalue weighted by atomic mass is 16.5. The fourth-order valence-corrected chi connectivity index (χ4v) is 4.90. The Kier molecular flexibility index (Phi) is 7.39. The van der Waals surface area contributed by atoms with Gasteiger partial charge in [-0.25, -0.2) is 0 Å². The second-order valence-electron chi connectivity index (χ2n) is 9.49. The Morgan fingerprint density at radius 1 is 0.973 bits per heavy atom. The van der Waals surface area contributed by atoms with Gasteiger partial charge in [-0.2, -0.15) is 0 Å². The van der Waals surface area contributed by atoms with E-state index in [1.54, 1.807) is 20.3 Å². The highest BCUT2D eigenvalue weighted by molar-refractivity contribution is 6.51. The zero-order valence-electron chi connectivity index (χ0n) is 22.2. The van der Waals surface area contributed by atoms with E-state index in [4.69, 9.17) is 9.47 Å². The van der Waals surface area contributed by atoms with Gasteiger partial charge in [-0.1, -0.05) is 51.1 Å². The number of aliphatic hydroxyl groups is 1. The van der Waals surface area contributed by atoms with Gasteiger partial charge in [0.1, 0.15) is 17.3 Å². The lowest BCUT2D eigenvalue weighted by atomic mass is 9.90. The number of anilines is 1. The first-order valence-corrected chi connectivity index (χ1v) is 12.4. The van der Waals surface area contributed by atoms with Crippen molar-refractivity contribution in [2.24, 2.45) is 0 Å². The Bertz CT molecular complexity index is 1370. The van der Waals surface area contributed by atoms with Crippen LogP contribution in [0.25, 0.3) is 5.76 Å². The minimum Gasteiger partial charge on any atom is -0.507 e. The summed E-state index contributed by atoms with van der Waals surface area (Å²) in [6, 6.07) is 17.6. The highest BCUT2D eigenvalue weighted by Gasteiger charge is 2.48. The Morgan fingerprint density at radius 2 is 1.62 bits per heavy atom. The van der Waals surface area contributed by atoms with Crippen LogP contribution in [-0.2, 0) is 16.0 Å². The van der Waals surface area contributed by atoms with Crippen LogP contribution in [0.2, 0.25) is 0 Å². The Hall–Kier alpha value is -4.06. The average molecular weight is 500 g/mol. The number of hydrogen-bond acceptors (Lipinski definition) is 5. The van der Waals surface area contributed by atoms with Gasteiger partial charge in [-0.05, 0) is 66.3 Å². The molecule has 0 spiro atoms. The highest BCUT2D eigenvalue weighted by Crippen LogP contribution is 2.45. The molecule has 0 aliphatic carbocycles. The van der Waals surface area contributed by atoms with Gasteiger partial charge in [0.05, 0.1) is 25.8 Å². The molecule has 1 saturated heterocycles. The van der Waals surface area contributed by atoms with Crippen molar-refractivity contribution in [3.8, 4) is 11.5 Å². The normalized spacial score (nSPS) is 16.9. The van der Waals surface area contributed by atoms with Crippen molar-refractivity contribution in [1.29, 1.82) is 0 Å². The van der Waals surface area contributed by atoms with E-state index in [0.29, 0.717) is 28.3 Å². The number of benzene rings is 3. The van der Waals surface area contributed by atoms with Crippen LogP contribution in [0.3, 0.4) is 0 Å². The van der Waals surface area contributed by atoms with Crippen molar-refractivity contribution in [3.63, 3.8) is 0 Å². The molecular formula is C31H33NO5. The third-order valence-electron chi connectivity index (χ3n) is 6.95. The molecule has 37 heavy (non-hydrogen) atoms. The quantitative estimate of drug-likeness (QED) is 0.234. The summed E-state index contributed by atoms with van der Waals surface area (Å²) < 4.78 is 11.2. The van der Waals surface area contributed by atoms with E-state index in [1.807, 2.05) is 75.4 Å². The number of methoxy groups -OCH3 is 2. The van der Waals surface area contributed by atoms with E-state index in [2.05, 4.69) is 6.92 Å². The summed E-state index contributed by atoms with van der Waals surface area (Å²) in [4.78, 5) is 28.6. The molecule has 4 rings (SSSR count). The molecule has 0 saturated carbocycles. The molecule has 1 aliphatic heterocycles. The molecular weight excluding hydrogens is 466 g/mol. The number of carbonyl (C=O) groups excluding carboxylic acids is 2. The zero-order valence-corrected chi connectivity index (χ0v) is 22.2. The van der Waals surface area contributed by atoms with Crippen molar-refractivity contribution in [2.75, 3.05) is 19.1 Å². The minimum atomic E-state index is -0.868. The predicted octanol–water partition coefficient (Wildman–Crippen LogP) is 6.32. The summed E-state index contributed by atoms with van der Waals surface area (Å²) in [5.74, 6) is -0.312. The molecule has 1 heterocycles. The largest absolute Gasteiger partial charge is 0.507 e. The van der Waals surface area contributed by atoms with Gasteiger partial charge in [-0.15, -0.1) is 0 Å². The maximum atomic E-state index is 13.6. The van der Waals surface area contributed by atoms with Crippen LogP contribution < -0.4 is 14.4 Å². The molecule has 1 atom stereocenters. The number of aryl methyl sites for hydroxylation is 2. The first kappa shape index (κ1) is 26.0. The average Bonchev–Trinajstić information content (AvgIpc) is 3.17. The first-order valence-electron chi connectivity index (χ1n) is 12.4. The second-order valence-corrected chi connectivity index (χ2v) is 9.49. The van der Waals surface area contributed by atoms with E-state index in [-0.39, 0.29) is 17.3 Å². The topological polar surface area (TPSA) is 76.1 Å². The zero-order chi connectivity index (χ0) is 26.9. The number of aliphatic hydroxyl groups excluding tert-OH is 1. The molecule has 0 aromatic heterocycles. The van der Waals surface area contributed by atoms with E-state index >= 15 is 0 Å². The summed E-state index contributed by atoms with van der Waals surface area (Å²) in [7, 11) is 3.15. The molecule has 0 bridgehead atoms. The van der Waals surface area contributed by atoms with Gasteiger partial charge in [0.2, 0.25) is 0 Å². The van der Waals surface area contributed by atoms with Gasteiger partial charge in [0.25, 0.3) is 11.7 Å². The number of carbonyl (C=O) groups is 2. The second kappa shape index (κ2) is 10.5. The molecule has 0 radical (unpaired) electrons. The lowest BCUT2D eigenvalue weighted by molar-refractivity contribution is -0.132. The summed E-state index contributed by atoms with van der Waals surface area (Å²) in [6.45, 7) is 7.97. The van der Waals surface area contributed by atoms with Crippen LogP contribution in [0.5, 0.6) is 11.5 Å². The van der Waals surface area contributed by atoms with Gasteiger partial charge in [0.15, 0.2) is 0 Å². The molecule has 1 aliphatic rings. The molecule has 1 N–H and O–H groups in total. The predicted molar refractivity (Wildman–Crippen MR) is 145 cm³/mol. The Morgan fingerprint density at radius 3 is 2.22 bits per heavy atom. The third-order valence-corrected chi connectivity index (χ3v) is 6.95. The fraction of sp³-hybridized carbons (Fsp3) is 0.290. The lowest BCUT2D eigenvalue weighted by Gasteiger charge is -2.27. The number of para-hydroxylation sites is 1. The standard InChI is InChI=1S/C31H33NO5/c1-7-20-12-14-21(15-13-20)32-28(22-10-8-9-11-25(22)36-5)27(30(34)31(32)35)29(33)24-17-23(18(2)3)26(37-6)16-19(24)4/h8-18,28,33H,7H2,1-6H3/b29-27+. The van der Waals surface area contributed by atoms with Crippen LogP contribution in [0.1, 0.15) is 60.5 Å². The van der Waals surface area contributed by atoms with Crippen molar-refractivity contribution in [3.05, 3.63) is 94.1 Å². The number of rotatable bonds is 7. The van der Waals surface area contributed by atoms with Gasteiger partial charge in [-0.3, -0.25) is 14.5 Å². The number of ketones is 1. The monoisotopic (exact) mass is 499 g/mol. The molecule has 3 aromatic rings. The van der Waals surface area contributed by atoms with Crippen LogP contribution in [0.15, 0.2) is 66.2 Å². The van der Waals surface area contributed by atoms with Crippen LogP contribution in [0, 0.1) is 6.92 Å². The molecule has 1 fully saturated rings. The number of hydrogen-bond donors (Lipinski definition) is 1. The summed E-state index contributed by atoms with van der Waals surface area (Å²) in [6.07, 6.45) is 0.851. The van der Waals surface area contributed by atoms with E-state index in [1.165, 1.54) is 4.90 Å². The lowest BCUT2D eigenvalue weighted by Crippen LogP contribution is -2.29.